The first-order valence-electron chi connectivity index (χ1n) is 9.52. The van der Waals surface area contributed by atoms with E-state index >= 15 is 0 Å². The van der Waals surface area contributed by atoms with E-state index in [1.807, 2.05) is 30.3 Å². The van der Waals surface area contributed by atoms with Gasteiger partial charge in [0.25, 0.3) is 5.91 Å². The van der Waals surface area contributed by atoms with Crippen molar-refractivity contribution in [1.82, 2.24) is 0 Å². The van der Waals surface area contributed by atoms with Crippen LogP contribution in [0.15, 0.2) is 77.3 Å². The van der Waals surface area contributed by atoms with Crippen LogP contribution in [0.3, 0.4) is 0 Å². The summed E-state index contributed by atoms with van der Waals surface area (Å²) in [5.41, 5.74) is 2.05. The number of nitrogens with one attached hydrogen (secondary N) is 1. The number of sulfonamides is 1. The zero-order valence-corrected chi connectivity index (χ0v) is 20.9. The minimum absolute atomic E-state index is 0.183. The molecular weight excluding hydrogens is 532 g/mol. The van der Waals surface area contributed by atoms with E-state index in [1.54, 1.807) is 42.5 Å². The summed E-state index contributed by atoms with van der Waals surface area (Å²) in [7, 11) is -3.53. The fourth-order valence-corrected chi connectivity index (χ4v) is 5.39. The molecule has 0 saturated heterocycles. The molecule has 9 heteroatoms. The van der Waals surface area contributed by atoms with Gasteiger partial charge in [-0.15, -0.1) is 11.3 Å². The lowest BCUT2D eigenvalue weighted by Crippen LogP contribution is -2.29. The molecule has 0 fully saturated rings. The Kier molecular flexibility index (Phi) is 6.57. The largest absolute Gasteiger partial charge is 0.321 e. The zero-order valence-electron chi connectivity index (χ0n) is 16.9. The van der Waals surface area contributed by atoms with Gasteiger partial charge in [0.2, 0.25) is 10.0 Å². The normalized spacial score (nSPS) is 11.5. The van der Waals surface area contributed by atoms with Crippen molar-refractivity contribution in [3.63, 3.8) is 0 Å². The molecule has 1 heterocycles. The van der Waals surface area contributed by atoms with Crippen molar-refractivity contribution in [3.8, 4) is 0 Å². The molecule has 1 amide bonds. The van der Waals surface area contributed by atoms with Gasteiger partial charge in [-0.1, -0.05) is 39.7 Å². The molecule has 4 rings (SSSR count). The Hall–Kier alpha value is -2.39. The molecule has 3 aromatic carbocycles. The molecule has 0 atom stereocenters. The molecule has 0 unspecified atom stereocenters. The minimum atomic E-state index is -3.53. The SMILES string of the molecule is CS(=O)(=O)N(Cc1ccc(Cl)cc1)c1ccc2sc(C(=O)Nc3ccc(Br)cc3)cc2c1. The third-order valence-corrected chi connectivity index (χ3v) is 7.79. The smallest absolute Gasteiger partial charge is 0.265 e. The van der Waals surface area contributed by atoms with Crippen LogP contribution in [-0.4, -0.2) is 20.6 Å². The molecule has 1 aromatic heterocycles. The van der Waals surface area contributed by atoms with Gasteiger partial charge < -0.3 is 5.32 Å². The van der Waals surface area contributed by atoms with Crippen molar-refractivity contribution in [2.24, 2.45) is 0 Å². The fraction of sp³-hybridized carbons (Fsp3) is 0.0870. The molecule has 0 aliphatic carbocycles. The third-order valence-electron chi connectivity index (χ3n) is 4.75. The number of amides is 1. The van der Waals surface area contributed by atoms with Crippen LogP contribution in [0.5, 0.6) is 0 Å². The lowest BCUT2D eigenvalue weighted by Gasteiger charge is -2.22. The van der Waals surface area contributed by atoms with Crippen molar-refractivity contribution >= 4 is 76.3 Å². The number of carbonyl (C=O) groups is 1. The number of carbonyl (C=O) groups excluding carboxylic acids is 1. The number of rotatable bonds is 6. The highest BCUT2D eigenvalue weighted by molar-refractivity contribution is 9.10. The Labute approximate surface area is 203 Å². The highest BCUT2D eigenvalue weighted by Gasteiger charge is 2.19. The molecule has 32 heavy (non-hydrogen) atoms. The monoisotopic (exact) mass is 548 g/mol. The van der Waals surface area contributed by atoms with Crippen LogP contribution in [-0.2, 0) is 16.6 Å². The number of nitrogens with zero attached hydrogens (tertiary/aromatic N) is 1. The van der Waals surface area contributed by atoms with Gasteiger partial charge in [0.15, 0.2) is 0 Å². The average Bonchev–Trinajstić information content (AvgIpc) is 3.17. The quantitative estimate of drug-likeness (QED) is 0.297. The van der Waals surface area contributed by atoms with Gasteiger partial charge >= 0.3 is 0 Å². The zero-order chi connectivity index (χ0) is 22.9. The van der Waals surface area contributed by atoms with Gasteiger partial charge in [-0.05, 0) is 71.6 Å². The number of anilines is 2. The number of hydrogen-bond donors (Lipinski definition) is 1. The molecule has 164 valence electrons. The first kappa shape index (κ1) is 22.8. The Morgan fingerprint density at radius 1 is 1.03 bits per heavy atom. The Bertz CT molecular complexity index is 1390. The van der Waals surface area contributed by atoms with Crippen molar-refractivity contribution in [2.45, 2.75) is 6.54 Å². The van der Waals surface area contributed by atoms with E-state index in [1.165, 1.54) is 21.9 Å². The third kappa shape index (κ3) is 5.32. The molecule has 0 radical (unpaired) electrons. The summed E-state index contributed by atoms with van der Waals surface area (Å²) in [5, 5.41) is 4.27. The minimum Gasteiger partial charge on any atom is -0.321 e. The van der Waals surface area contributed by atoms with E-state index < -0.39 is 10.0 Å². The van der Waals surface area contributed by atoms with Gasteiger partial charge in [-0.2, -0.15) is 0 Å². The Balaban J connectivity index is 1.62. The van der Waals surface area contributed by atoms with Crippen molar-refractivity contribution in [2.75, 3.05) is 15.9 Å². The number of fused-ring (bicyclic) bond motifs is 1. The van der Waals surface area contributed by atoms with Gasteiger partial charge in [0.1, 0.15) is 0 Å². The average molecular weight is 550 g/mol. The lowest BCUT2D eigenvalue weighted by atomic mass is 10.2. The topological polar surface area (TPSA) is 66.5 Å². The van der Waals surface area contributed by atoms with Crippen LogP contribution in [0.25, 0.3) is 10.1 Å². The van der Waals surface area contributed by atoms with E-state index in [0.29, 0.717) is 21.3 Å². The maximum atomic E-state index is 12.7. The molecule has 0 bridgehead atoms. The summed E-state index contributed by atoms with van der Waals surface area (Å²) in [4.78, 5) is 13.2. The highest BCUT2D eigenvalue weighted by Crippen LogP contribution is 2.31. The first-order valence-corrected chi connectivity index (χ1v) is 13.4. The van der Waals surface area contributed by atoms with Crippen molar-refractivity contribution in [1.29, 1.82) is 0 Å². The first-order chi connectivity index (χ1) is 15.2. The molecule has 4 aromatic rings. The van der Waals surface area contributed by atoms with E-state index in [2.05, 4.69) is 21.2 Å². The molecule has 5 nitrogen and oxygen atoms in total. The van der Waals surface area contributed by atoms with Gasteiger partial charge in [-0.25, -0.2) is 8.42 Å². The van der Waals surface area contributed by atoms with Crippen LogP contribution < -0.4 is 9.62 Å². The summed E-state index contributed by atoms with van der Waals surface area (Å²) in [5.74, 6) is -0.212. The summed E-state index contributed by atoms with van der Waals surface area (Å²) < 4.78 is 28.2. The summed E-state index contributed by atoms with van der Waals surface area (Å²) in [6.45, 7) is 0.183. The maximum absolute atomic E-state index is 12.7. The summed E-state index contributed by atoms with van der Waals surface area (Å²) in [6, 6.07) is 21.6. The molecule has 0 spiro atoms. The van der Waals surface area contributed by atoms with Crippen LogP contribution in [0.4, 0.5) is 11.4 Å². The predicted octanol–water partition coefficient (Wildman–Crippen LogP) is 6.54. The predicted molar refractivity (Wildman–Crippen MR) is 136 cm³/mol. The second-order valence-corrected chi connectivity index (χ2v) is 11.5. The van der Waals surface area contributed by atoms with Crippen molar-refractivity contribution in [3.05, 3.63) is 92.7 Å². The van der Waals surface area contributed by atoms with Gasteiger partial charge in [0, 0.05) is 19.9 Å². The number of thiophene rings is 1. The maximum Gasteiger partial charge on any atom is 0.265 e. The second-order valence-electron chi connectivity index (χ2n) is 7.19. The Morgan fingerprint density at radius 3 is 2.38 bits per heavy atom. The highest BCUT2D eigenvalue weighted by atomic mass is 79.9. The standard InChI is InChI=1S/C23H18BrClN2O3S2/c1-32(29,30)27(14-15-2-6-18(25)7-3-15)20-10-11-21-16(12-20)13-22(31-21)23(28)26-19-8-4-17(24)5-9-19/h2-13H,14H2,1H3,(H,26,28). The second kappa shape index (κ2) is 9.23. The molecular formula is C23H18BrClN2O3S2. The molecule has 1 N–H and O–H groups in total. The van der Waals surface area contributed by atoms with E-state index in [4.69, 9.17) is 11.6 Å². The molecule has 0 aliphatic rings. The van der Waals surface area contributed by atoms with E-state index in [9.17, 15) is 13.2 Å². The van der Waals surface area contributed by atoms with Gasteiger partial charge in [0.05, 0.1) is 23.4 Å². The fourth-order valence-electron chi connectivity index (χ4n) is 3.18. The van der Waals surface area contributed by atoms with E-state index in [0.717, 1.165) is 20.1 Å². The summed E-state index contributed by atoms with van der Waals surface area (Å²) >= 11 is 10.7. The Morgan fingerprint density at radius 2 is 1.72 bits per heavy atom. The van der Waals surface area contributed by atoms with Crippen LogP contribution >= 0.6 is 38.9 Å². The van der Waals surface area contributed by atoms with Crippen molar-refractivity contribution < 1.29 is 13.2 Å². The molecule has 0 saturated carbocycles. The van der Waals surface area contributed by atoms with E-state index in [-0.39, 0.29) is 12.5 Å². The number of benzene rings is 3. The summed E-state index contributed by atoms with van der Waals surface area (Å²) in [6.07, 6.45) is 1.18. The lowest BCUT2D eigenvalue weighted by molar-refractivity contribution is 0.103. The molecule has 0 aliphatic heterocycles. The van der Waals surface area contributed by atoms with Gasteiger partial charge in [-0.3, -0.25) is 9.10 Å². The van der Waals surface area contributed by atoms with Crippen LogP contribution in [0.1, 0.15) is 15.2 Å². The van der Waals surface area contributed by atoms with Crippen LogP contribution in [0, 0.1) is 0 Å². The number of hydrogen-bond acceptors (Lipinski definition) is 4. The van der Waals surface area contributed by atoms with Crippen LogP contribution in [0.2, 0.25) is 5.02 Å². The number of halogens is 2.